The number of hydrogen-bond acceptors (Lipinski definition) is 5. The number of aromatic nitrogens is 3. The summed E-state index contributed by atoms with van der Waals surface area (Å²) in [6.07, 6.45) is 1.77. The van der Waals surface area contributed by atoms with Crippen LogP contribution in [0.25, 0.3) is 0 Å². The Labute approximate surface area is 117 Å². The molecule has 1 aliphatic heterocycles. The van der Waals surface area contributed by atoms with E-state index in [9.17, 15) is 0 Å². The summed E-state index contributed by atoms with van der Waals surface area (Å²) in [5, 5.41) is 17.0. The van der Waals surface area contributed by atoms with Crippen LogP contribution in [0.15, 0.2) is 24.5 Å². The summed E-state index contributed by atoms with van der Waals surface area (Å²) in [4.78, 5) is 2.28. The van der Waals surface area contributed by atoms with Gasteiger partial charge in [-0.15, -0.1) is 10.2 Å². The van der Waals surface area contributed by atoms with Crippen molar-refractivity contribution in [3.8, 4) is 11.8 Å². The predicted octanol–water partition coefficient (Wildman–Crippen LogP) is 1.17. The minimum absolute atomic E-state index is 0.654. The second-order valence-electron chi connectivity index (χ2n) is 4.79. The average molecular weight is 269 g/mol. The molecule has 0 saturated carbocycles. The van der Waals surface area contributed by atoms with Crippen LogP contribution in [0.1, 0.15) is 17.0 Å². The quantitative estimate of drug-likeness (QED) is 0.837. The summed E-state index contributed by atoms with van der Waals surface area (Å²) in [6, 6.07) is 7.67. The van der Waals surface area contributed by atoms with Crippen molar-refractivity contribution in [3.05, 3.63) is 41.5 Å². The van der Waals surface area contributed by atoms with E-state index in [1.54, 1.807) is 19.5 Å². The van der Waals surface area contributed by atoms with Gasteiger partial charge in [0.25, 0.3) is 0 Å². The summed E-state index contributed by atoms with van der Waals surface area (Å²) in [5.74, 6) is 1.79. The Bertz CT molecular complexity index is 658. The summed E-state index contributed by atoms with van der Waals surface area (Å²) in [6.45, 7) is 3.33. The first kappa shape index (κ1) is 12.6. The third kappa shape index (κ3) is 2.36. The van der Waals surface area contributed by atoms with Crippen LogP contribution < -0.4 is 4.74 Å². The van der Waals surface area contributed by atoms with Gasteiger partial charge < -0.3 is 9.30 Å². The van der Waals surface area contributed by atoms with E-state index in [0.29, 0.717) is 5.56 Å². The number of ether oxygens (including phenoxy) is 1. The maximum atomic E-state index is 9.01. The van der Waals surface area contributed by atoms with Crippen LogP contribution in [0.4, 0.5) is 0 Å². The maximum Gasteiger partial charge on any atom is 0.147 e. The lowest BCUT2D eigenvalue weighted by molar-refractivity contribution is 0.206. The van der Waals surface area contributed by atoms with Gasteiger partial charge in [-0.1, -0.05) is 0 Å². The van der Waals surface area contributed by atoms with Gasteiger partial charge >= 0.3 is 0 Å². The monoisotopic (exact) mass is 269 g/mol. The minimum atomic E-state index is 0.654. The first-order valence-corrected chi connectivity index (χ1v) is 6.46. The lowest BCUT2D eigenvalue weighted by atomic mass is 10.1. The molecule has 0 radical (unpaired) electrons. The highest BCUT2D eigenvalue weighted by atomic mass is 16.5. The smallest absolute Gasteiger partial charge is 0.147 e. The van der Waals surface area contributed by atoms with E-state index in [2.05, 4.69) is 25.7 Å². The summed E-state index contributed by atoms with van der Waals surface area (Å²) < 4.78 is 7.44. The van der Waals surface area contributed by atoms with Crippen LogP contribution in [0.2, 0.25) is 0 Å². The second kappa shape index (κ2) is 5.31. The fourth-order valence-electron chi connectivity index (χ4n) is 2.46. The summed E-state index contributed by atoms with van der Waals surface area (Å²) in [5.41, 5.74) is 1.68. The average Bonchev–Trinajstić information content (AvgIpc) is 2.94. The molecular formula is C14H15N5O. The van der Waals surface area contributed by atoms with Gasteiger partial charge in [0.1, 0.15) is 17.9 Å². The fraction of sp³-hybridized carbons (Fsp3) is 0.357. The van der Waals surface area contributed by atoms with Gasteiger partial charge in [0.2, 0.25) is 0 Å². The van der Waals surface area contributed by atoms with Crippen LogP contribution in [-0.2, 0) is 19.6 Å². The molecular weight excluding hydrogens is 254 g/mol. The van der Waals surface area contributed by atoms with Gasteiger partial charge in [-0.05, 0) is 18.2 Å². The Morgan fingerprint density at radius 3 is 3.10 bits per heavy atom. The van der Waals surface area contributed by atoms with E-state index in [1.165, 1.54) is 0 Å². The Morgan fingerprint density at radius 2 is 2.30 bits per heavy atom. The zero-order chi connectivity index (χ0) is 13.9. The maximum absolute atomic E-state index is 9.01. The first-order valence-electron chi connectivity index (χ1n) is 6.46. The Hall–Kier alpha value is -2.39. The number of hydrogen-bond donors (Lipinski definition) is 0. The van der Waals surface area contributed by atoms with Gasteiger partial charge in [-0.3, -0.25) is 4.90 Å². The predicted molar refractivity (Wildman–Crippen MR) is 71.8 cm³/mol. The summed E-state index contributed by atoms with van der Waals surface area (Å²) >= 11 is 0. The van der Waals surface area contributed by atoms with Crippen molar-refractivity contribution in [3.63, 3.8) is 0 Å². The number of nitrogens with zero attached hydrogens (tertiary/aromatic N) is 5. The molecule has 6 nitrogen and oxygen atoms in total. The second-order valence-corrected chi connectivity index (χ2v) is 4.79. The van der Waals surface area contributed by atoms with Gasteiger partial charge in [0.15, 0.2) is 0 Å². The van der Waals surface area contributed by atoms with E-state index in [-0.39, 0.29) is 0 Å². The normalized spacial score (nSPS) is 14.6. The third-order valence-electron chi connectivity index (χ3n) is 3.52. The Morgan fingerprint density at radius 1 is 1.40 bits per heavy atom. The van der Waals surface area contributed by atoms with E-state index < -0.39 is 0 Å². The zero-order valence-corrected chi connectivity index (χ0v) is 11.3. The molecule has 0 N–H and O–H groups in total. The van der Waals surface area contributed by atoms with Gasteiger partial charge in [-0.25, -0.2) is 0 Å². The van der Waals surface area contributed by atoms with Crippen molar-refractivity contribution in [1.29, 1.82) is 5.26 Å². The Kier molecular flexibility index (Phi) is 3.35. The molecule has 6 heteroatoms. The van der Waals surface area contributed by atoms with Crippen molar-refractivity contribution >= 4 is 0 Å². The number of rotatable bonds is 3. The Balaban J connectivity index is 1.80. The number of methoxy groups -OCH3 is 1. The van der Waals surface area contributed by atoms with Crippen LogP contribution >= 0.6 is 0 Å². The van der Waals surface area contributed by atoms with Gasteiger partial charge in [-0.2, -0.15) is 5.26 Å². The molecule has 0 aliphatic carbocycles. The topological polar surface area (TPSA) is 67.0 Å². The highest BCUT2D eigenvalue weighted by molar-refractivity contribution is 5.42. The van der Waals surface area contributed by atoms with Gasteiger partial charge in [0.05, 0.1) is 25.3 Å². The van der Waals surface area contributed by atoms with E-state index >= 15 is 0 Å². The molecule has 1 aromatic heterocycles. The van der Waals surface area contributed by atoms with E-state index in [4.69, 9.17) is 10.00 Å². The standard InChI is InChI=1S/C14H15N5O/c1-20-13-3-2-11(7-15)6-12(13)8-18-4-5-19-10-16-17-14(19)9-18/h2-3,6,10H,4-5,8-9H2,1H3. The van der Waals surface area contributed by atoms with Crippen molar-refractivity contribution in [2.24, 2.45) is 0 Å². The number of fused-ring (bicyclic) bond motifs is 1. The molecule has 0 atom stereocenters. The van der Waals surface area contributed by atoms with Crippen molar-refractivity contribution in [2.75, 3.05) is 13.7 Å². The van der Waals surface area contributed by atoms with Crippen molar-refractivity contribution < 1.29 is 4.74 Å². The SMILES string of the molecule is COc1ccc(C#N)cc1CN1CCn2cnnc2C1. The van der Waals surface area contributed by atoms with Crippen LogP contribution in [0, 0.1) is 11.3 Å². The molecule has 3 rings (SSSR count). The van der Waals surface area contributed by atoms with Crippen LogP contribution in [0.5, 0.6) is 5.75 Å². The van der Waals surface area contributed by atoms with Crippen LogP contribution in [0.3, 0.4) is 0 Å². The van der Waals surface area contributed by atoms with Gasteiger partial charge in [0, 0.05) is 25.2 Å². The molecule has 20 heavy (non-hydrogen) atoms. The van der Waals surface area contributed by atoms with Crippen molar-refractivity contribution in [2.45, 2.75) is 19.6 Å². The minimum Gasteiger partial charge on any atom is -0.496 e. The molecule has 2 aromatic rings. The van der Waals surface area contributed by atoms with E-state index in [0.717, 1.165) is 43.3 Å². The first-order chi connectivity index (χ1) is 9.80. The molecule has 1 aromatic carbocycles. The highest BCUT2D eigenvalue weighted by Gasteiger charge is 2.18. The zero-order valence-electron chi connectivity index (χ0n) is 11.3. The largest absolute Gasteiger partial charge is 0.496 e. The van der Waals surface area contributed by atoms with Crippen LogP contribution in [-0.4, -0.2) is 33.3 Å². The molecule has 0 saturated heterocycles. The lowest BCUT2D eigenvalue weighted by Gasteiger charge is -2.27. The number of benzene rings is 1. The third-order valence-corrected chi connectivity index (χ3v) is 3.52. The highest BCUT2D eigenvalue weighted by Crippen LogP contribution is 2.23. The molecule has 1 aliphatic rings. The number of nitriles is 1. The molecule has 0 fully saturated rings. The molecule has 0 spiro atoms. The molecule has 0 amide bonds. The van der Waals surface area contributed by atoms with E-state index in [1.807, 2.05) is 12.1 Å². The molecule has 102 valence electrons. The molecule has 0 unspecified atom stereocenters. The summed E-state index contributed by atoms with van der Waals surface area (Å²) in [7, 11) is 1.65. The fourth-order valence-corrected chi connectivity index (χ4v) is 2.46. The lowest BCUT2D eigenvalue weighted by Crippen LogP contribution is -2.33. The molecule has 2 heterocycles. The molecule has 0 bridgehead atoms. The van der Waals surface area contributed by atoms with Crippen molar-refractivity contribution in [1.82, 2.24) is 19.7 Å².